The van der Waals surface area contributed by atoms with Crippen LogP contribution in [0.15, 0.2) is 0 Å². The molecular weight excluding hydrogens is 260 g/mol. The molecule has 0 aromatic carbocycles. The normalized spacial score (nSPS) is 23.1. The fraction of sp³-hybridized carbons (Fsp3) is 0.765. The summed E-state index contributed by atoms with van der Waals surface area (Å²) in [5, 5.41) is 0. The lowest BCUT2D eigenvalue weighted by atomic mass is 9.96. The van der Waals surface area contributed by atoms with Crippen LogP contribution >= 0.6 is 0 Å². The van der Waals surface area contributed by atoms with E-state index in [1.807, 2.05) is 0 Å². The average molecular weight is 288 g/mol. The van der Waals surface area contributed by atoms with Crippen LogP contribution in [0.3, 0.4) is 0 Å². The largest absolute Gasteiger partial charge is 0.383 e. The van der Waals surface area contributed by atoms with Crippen LogP contribution in [0.1, 0.15) is 69.2 Å². The number of nitrogen functional groups attached to an aromatic ring is 1. The molecule has 116 valence electrons. The van der Waals surface area contributed by atoms with E-state index in [1.165, 1.54) is 44.9 Å². The van der Waals surface area contributed by atoms with Gasteiger partial charge in [-0.15, -0.1) is 0 Å². The summed E-state index contributed by atoms with van der Waals surface area (Å²) in [5.74, 6) is 4.20. The molecule has 21 heavy (non-hydrogen) atoms. The summed E-state index contributed by atoms with van der Waals surface area (Å²) in [6.07, 6.45) is 9.03. The highest BCUT2D eigenvalue weighted by atomic mass is 15.2. The molecule has 1 aromatic heterocycles. The van der Waals surface area contributed by atoms with Gasteiger partial charge in [0, 0.05) is 24.6 Å². The van der Waals surface area contributed by atoms with Gasteiger partial charge >= 0.3 is 0 Å². The van der Waals surface area contributed by atoms with Gasteiger partial charge in [-0.3, -0.25) is 0 Å². The maximum atomic E-state index is 6.13. The van der Waals surface area contributed by atoms with Crippen LogP contribution in [0, 0.1) is 12.8 Å². The standard InChI is InChI=1S/C17H28N4/c1-3-5-13-6-4-10-21(11-9-13)17-12(2)15(18)19-16(20-17)14-7-8-14/h13-14H,3-11H2,1-2H3,(H2,18,19,20). The summed E-state index contributed by atoms with van der Waals surface area (Å²) in [7, 11) is 0. The molecule has 0 radical (unpaired) electrons. The highest BCUT2D eigenvalue weighted by molar-refractivity contribution is 5.57. The van der Waals surface area contributed by atoms with Gasteiger partial charge in [0.05, 0.1) is 0 Å². The van der Waals surface area contributed by atoms with Crippen LogP contribution < -0.4 is 10.6 Å². The van der Waals surface area contributed by atoms with Gasteiger partial charge in [0.1, 0.15) is 17.5 Å². The van der Waals surface area contributed by atoms with Crippen LogP contribution in [-0.2, 0) is 0 Å². The lowest BCUT2D eigenvalue weighted by Gasteiger charge is -2.24. The molecule has 1 aliphatic heterocycles. The number of nitrogens with two attached hydrogens (primary N) is 1. The van der Waals surface area contributed by atoms with Crippen molar-refractivity contribution in [1.29, 1.82) is 0 Å². The molecule has 0 amide bonds. The van der Waals surface area contributed by atoms with E-state index in [9.17, 15) is 0 Å². The van der Waals surface area contributed by atoms with Crippen LogP contribution in [0.25, 0.3) is 0 Å². The van der Waals surface area contributed by atoms with E-state index in [0.717, 1.165) is 36.2 Å². The lowest BCUT2D eigenvalue weighted by molar-refractivity contribution is 0.435. The molecule has 1 unspecified atom stereocenters. The second-order valence-electron chi connectivity index (χ2n) is 6.76. The quantitative estimate of drug-likeness (QED) is 0.918. The van der Waals surface area contributed by atoms with Gasteiger partial charge in [-0.05, 0) is 44.9 Å². The molecule has 1 saturated carbocycles. The Balaban J connectivity index is 1.79. The van der Waals surface area contributed by atoms with E-state index in [4.69, 9.17) is 10.7 Å². The Morgan fingerprint density at radius 1 is 1.14 bits per heavy atom. The van der Waals surface area contributed by atoms with Crippen LogP contribution in [-0.4, -0.2) is 23.1 Å². The number of rotatable bonds is 4. The van der Waals surface area contributed by atoms with Gasteiger partial charge in [0.15, 0.2) is 0 Å². The number of nitrogens with zero attached hydrogens (tertiary/aromatic N) is 3. The third-order valence-corrected chi connectivity index (χ3v) is 4.96. The summed E-state index contributed by atoms with van der Waals surface area (Å²) in [4.78, 5) is 11.8. The van der Waals surface area contributed by atoms with Crippen molar-refractivity contribution in [1.82, 2.24) is 9.97 Å². The molecule has 3 rings (SSSR count). The number of aromatic nitrogens is 2. The van der Waals surface area contributed by atoms with Gasteiger partial charge in [-0.1, -0.05) is 19.8 Å². The first-order chi connectivity index (χ1) is 10.2. The molecule has 2 N–H and O–H groups in total. The van der Waals surface area contributed by atoms with Gasteiger partial charge < -0.3 is 10.6 Å². The minimum Gasteiger partial charge on any atom is -0.383 e. The summed E-state index contributed by atoms with van der Waals surface area (Å²) in [6.45, 7) is 6.59. The van der Waals surface area contributed by atoms with E-state index < -0.39 is 0 Å². The smallest absolute Gasteiger partial charge is 0.137 e. The molecular formula is C17H28N4. The zero-order chi connectivity index (χ0) is 14.8. The Bertz CT molecular complexity index is 496. The van der Waals surface area contributed by atoms with E-state index in [2.05, 4.69) is 23.7 Å². The van der Waals surface area contributed by atoms with E-state index in [0.29, 0.717) is 11.7 Å². The molecule has 1 atom stereocenters. The molecule has 4 heteroatoms. The fourth-order valence-electron chi connectivity index (χ4n) is 3.45. The summed E-state index contributed by atoms with van der Waals surface area (Å²) < 4.78 is 0. The molecule has 0 spiro atoms. The Morgan fingerprint density at radius 2 is 1.95 bits per heavy atom. The van der Waals surface area contributed by atoms with Crippen molar-refractivity contribution in [3.05, 3.63) is 11.4 Å². The lowest BCUT2D eigenvalue weighted by Crippen LogP contribution is -2.27. The third kappa shape index (κ3) is 3.30. The highest BCUT2D eigenvalue weighted by Gasteiger charge is 2.29. The van der Waals surface area contributed by atoms with E-state index in [1.54, 1.807) is 0 Å². The highest BCUT2D eigenvalue weighted by Crippen LogP contribution is 2.40. The van der Waals surface area contributed by atoms with Gasteiger partial charge in [-0.25, -0.2) is 9.97 Å². The van der Waals surface area contributed by atoms with Crippen LogP contribution in [0.5, 0.6) is 0 Å². The van der Waals surface area contributed by atoms with Crippen LogP contribution in [0.4, 0.5) is 11.6 Å². The average Bonchev–Trinajstić information content (AvgIpc) is 3.29. The van der Waals surface area contributed by atoms with Crippen molar-refractivity contribution in [2.75, 3.05) is 23.7 Å². The molecule has 1 aromatic rings. The third-order valence-electron chi connectivity index (χ3n) is 4.96. The summed E-state index contributed by atoms with van der Waals surface area (Å²) >= 11 is 0. The van der Waals surface area contributed by atoms with Crippen molar-refractivity contribution >= 4 is 11.6 Å². The van der Waals surface area contributed by atoms with Crippen LogP contribution in [0.2, 0.25) is 0 Å². The minimum absolute atomic E-state index is 0.562. The molecule has 0 bridgehead atoms. The zero-order valence-corrected chi connectivity index (χ0v) is 13.4. The Kier molecular flexibility index (Phi) is 4.32. The number of hydrogen-bond acceptors (Lipinski definition) is 4. The van der Waals surface area contributed by atoms with Crippen molar-refractivity contribution < 1.29 is 0 Å². The zero-order valence-electron chi connectivity index (χ0n) is 13.4. The van der Waals surface area contributed by atoms with E-state index in [-0.39, 0.29) is 0 Å². The number of anilines is 2. The first-order valence-electron chi connectivity index (χ1n) is 8.58. The minimum atomic E-state index is 0.562. The topological polar surface area (TPSA) is 55.0 Å². The van der Waals surface area contributed by atoms with Crippen molar-refractivity contribution in [2.24, 2.45) is 5.92 Å². The van der Waals surface area contributed by atoms with Crippen molar-refractivity contribution in [3.63, 3.8) is 0 Å². The monoisotopic (exact) mass is 288 g/mol. The second-order valence-corrected chi connectivity index (χ2v) is 6.76. The Morgan fingerprint density at radius 3 is 2.67 bits per heavy atom. The maximum Gasteiger partial charge on any atom is 0.137 e. The Labute approximate surface area is 128 Å². The predicted octanol–water partition coefficient (Wildman–Crippen LogP) is 3.65. The maximum absolute atomic E-state index is 6.13. The Hall–Kier alpha value is -1.32. The molecule has 2 aliphatic rings. The molecule has 2 heterocycles. The van der Waals surface area contributed by atoms with Crippen molar-refractivity contribution in [2.45, 2.75) is 64.7 Å². The molecule has 2 fully saturated rings. The molecule has 1 saturated heterocycles. The van der Waals surface area contributed by atoms with Gasteiger partial charge in [-0.2, -0.15) is 0 Å². The number of hydrogen-bond donors (Lipinski definition) is 1. The van der Waals surface area contributed by atoms with Gasteiger partial charge in [0.2, 0.25) is 0 Å². The van der Waals surface area contributed by atoms with Crippen molar-refractivity contribution in [3.8, 4) is 0 Å². The second kappa shape index (κ2) is 6.20. The van der Waals surface area contributed by atoms with E-state index >= 15 is 0 Å². The van der Waals surface area contributed by atoms with Gasteiger partial charge in [0.25, 0.3) is 0 Å². The molecule has 4 nitrogen and oxygen atoms in total. The summed E-state index contributed by atoms with van der Waals surface area (Å²) in [6, 6.07) is 0. The SMILES string of the molecule is CCCC1CCCN(c2nc(C3CC3)nc(N)c2C)CC1. The first kappa shape index (κ1) is 14.6. The first-order valence-corrected chi connectivity index (χ1v) is 8.58. The predicted molar refractivity (Wildman–Crippen MR) is 87.6 cm³/mol. The summed E-state index contributed by atoms with van der Waals surface area (Å²) in [5.41, 5.74) is 7.19. The molecule has 1 aliphatic carbocycles. The fourth-order valence-corrected chi connectivity index (χ4v) is 3.45.